The number of rotatable bonds is 4. The lowest BCUT2D eigenvalue weighted by molar-refractivity contribution is -0.112. The highest BCUT2D eigenvalue weighted by atomic mass is 79.9. The minimum Gasteiger partial charge on any atom is -0.507 e. The number of hydrogen-bond donors (Lipinski definition) is 2. The van der Waals surface area contributed by atoms with Gasteiger partial charge in [-0.25, -0.2) is 0 Å². The summed E-state index contributed by atoms with van der Waals surface area (Å²) >= 11 is 4.45. The van der Waals surface area contributed by atoms with E-state index in [4.69, 9.17) is 5.26 Å². The van der Waals surface area contributed by atoms with Crippen LogP contribution in [0.15, 0.2) is 28.2 Å². The van der Waals surface area contributed by atoms with Crippen LogP contribution in [-0.2, 0) is 11.2 Å². The van der Waals surface area contributed by atoms with Crippen molar-refractivity contribution in [3.63, 3.8) is 0 Å². The van der Waals surface area contributed by atoms with Crippen LogP contribution in [0.25, 0.3) is 6.08 Å². The molecule has 1 aromatic carbocycles. The van der Waals surface area contributed by atoms with Crippen LogP contribution in [0.3, 0.4) is 0 Å². The molecule has 0 aliphatic carbocycles. The highest BCUT2D eigenvalue weighted by molar-refractivity contribution is 9.10. The Balaban J connectivity index is 2.19. The van der Waals surface area contributed by atoms with Gasteiger partial charge in [0.15, 0.2) is 0 Å². The average Bonchev–Trinajstić information content (AvgIpc) is 2.95. The fourth-order valence-corrected chi connectivity index (χ4v) is 2.61. The molecule has 2 rings (SSSR count). The Bertz CT molecular complexity index is 779. The standard InChI is InChI=1S/C14H11BrN4O2S/c1-2-12-18-19-14(22-12)17-13(21)9(7-16)5-8-3-4-11(20)10(15)6-8/h3-6,20H,2H2,1H3,(H,17,19,21). The molecule has 6 nitrogen and oxygen atoms in total. The van der Waals surface area contributed by atoms with Crippen molar-refractivity contribution in [3.8, 4) is 11.8 Å². The number of amides is 1. The Morgan fingerprint density at radius 2 is 2.32 bits per heavy atom. The summed E-state index contributed by atoms with van der Waals surface area (Å²) in [5.41, 5.74) is 0.550. The fourth-order valence-electron chi connectivity index (χ4n) is 1.54. The van der Waals surface area contributed by atoms with Crippen LogP contribution < -0.4 is 5.32 Å². The molecule has 0 saturated heterocycles. The molecule has 0 aliphatic heterocycles. The van der Waals surface area contributed by atoms with Gasteiger partial charge in [-0.2, -0.15) is 5.26 Å². The zero-order valence-corrected chi connectivity index (χ0v) is 13.9. The third-order valence-electron chi connectivity index (χ3n) is 2.64. The van der Waals surface area contributed by atoms with E-state index in [9.17, 15) is 9.90 Å². The van der Waals surface area contributed by atoms with Gasteiger partial charge in [0.2, 0.25) is 5.13 Å². The van der Waals surface area contributed by atoms with Crippen molar-refractivity contribution < 1.29 is 9.90 Å². The first-order valence-electron chi connectivity index (χ1n) is 6.27. The van der Waals surface area contributed by atoms with E-state index in [-0.39, 0.29) is 11.3 Å². The molecule has 1 amide bonds. The van der Waals surface area contributed by atoms with Gasteiger partial charge in [0.1, 0.15) is 22.4 Å². The molecule has 0 fully saturated rings. The average molecular weight is 379 g/mol. The van der Waals surface area contributed by atoms with Crippen molar-refractivity contribution >= 4 is 44.4 Å². The fraction of sp³-hybridized carbons (Fsp3) is 0.143. The van der Waals surface area contributed by atoms with E-state index in [1.54, 1.807) is 12.1 Å². The number of carbonyl (C=O) groups is 1. The molecule has 0 radical (unpaired) electrons. The van der Waals surface area contributed by atoms with E-state index in [1.165, 1.54) is 23.5 Å². The van der Waals surface area contributed by atoms with Gasteiger partial charge < -0.3 is 5.11 Å². The highest BCUT2D eigenvalue weighted by Crippen LogP contribution is 2.25. The van der Waals surface area contributed by atoms with Gasteiger partial charge in [-0.1, -0.05) is 24.3 Å². The lowest BCUT2D eigenvalue weighted by atomic mass is 10.1. The number of phenols is 1. The zero-order valence-electron chi connectivity index (χ0n) is 11.5. The van der Waals surface area contributed by atoms with Crippen molar-refractivity contribution in [2.75, 3.05) is 5.32 Å². The molecule has 2 N–H and O–H groups in total. The first kappa shape index (κ1) is 16.1. The summed E-state index contributed by atoms with van der Waals surface area (Å²) in [5.74, 6) is -0.466. The number of anilines is 1. The molecule has 0 atom stereocenters. The number of aromatic nitrogens is 2. The number of nitriles is 1. The van der Waals surface area contributed by atoms with E-state index in [0.717, 1.165) is 11.4 Å². The lowest BCUT2D eigenvalue weighted by Crippen LogP contribution is -2.13. The summed E-state index contributed by atoms with van der Waals surface area (Å²) in [5, 5.41) is 30.0. The zero-order chi connectivity index (χ0) is 16.1. The number of aromatic hydroxyl groups is 1. The Hall–Kier alpha value is -2.24. The molecule has 0 saturated carbocycles. The van der Waals surface area contributed by atoms with Crippen LogP contribution in [-0.4, -0.2) is 21.2 Å². The molecular formula is C14H11BrN4O2S. The number of benzene rings is 1. The van der Waals surface area contributed by atoms with Gasteiger partial charge in [-0.05, 0) is 46.1 Å². The third kappa shape index (κ3) is 3.90. The number of halogens is 1. The molecule has 0 spiro atoms. The van der Waals surface area contributed by atoms with Crippen molar-refractivity contribution in [3.05, 3.63) is 38.8 Å². The van der Waals surface area contributed by atoms with Gasteiger partial charge in [-0.15, -0.1) is 10.2 Å². The summed E-state index contributed by atoms with van der Waals surface area (Å²) in [6.07, 6.45) is 2.16. The second-order valence-electron chi connectivity index (χ2n) is 4.19. The SMILES string of the molecule is CCc1nnc(NC(=O)C(C#N)=Cc2ccc(O)c(Br)c2)s1. The molecule has 1 heterocycles. The summed E-state index contributed by atoms with van der Waals surface area (Å²) in [4.78, 5) is 12.1. The smallest absolute Gasteiger partial charge is 0.268 e. The summed E-state index contributed by atoms with van der Waals surface area (Å²) in [6.45, 7) is 1.94. The Labute approximate surface area is 139 Å². The van der Waals surface area contributed by atoms with E-state index in [1.807, 2.05) is 13.0 Å². The van der Waals surface area contributed by atoms with Gasteiger partial charge in [-0.3, -0.25) is 10.1 Å². The quantitative estimate of drug-likeness (QED) is 0.628. The molecule has 112 valence electrons. The van der Waals surface area contributed by atoms with Crippen molar-refractivity contribution in [1.82, 2.24) is 10.2 Å². The molecule has 8 heteroatoms. The largest absolute Gasteiger partial charge is 0.507 e. The number of carbonyl (C=O) groups excluding carboxylic acids is 1. The van der Waals surface area contributed by atoms with Crippen LogP contribution in [0.1, 0.15) is 17.5 Å². The number of hydrogen-bond acceptors (Lipinski definition) is 6. The second-order valence-corrected chi connectivity index (χ2v) is 6.11. The Kier molecular flexibility index (Phi) is 5.25. The maximum Gasteiger partial charge on any atom is 0.268 e. The summed E-state index contributed by atoms with van der Waals surface area (Å²) < 4.78 is 0.482. The number of aryl methyl sites for hydroxylation is 1. The minimum atomic E-state index is -0.550. The number of nitrogens with zero attached hydrogens (tertiary/aromatic N) is 3. The maximum atomic E-state index is 12.1. The van der Waals surface area contributed by atoms with Crippen molar-refractivity contribution in [2.45, 2.75) is 13.3 Å². The molecule has 0 unspecified atom stereocenters. The van der Waals surface area contributed by atoms with E-state index in [2.05, 4.69) is 31.4 Å². The molecule has 22 heavy (non-hydrogen) atoms. The van der Waals surface area contributed by atoms with E-state index >= 15 is 0 Å². The Morgan fingerprint density at radius 1 is 1.55 bits per heavy atom. The van der Waals surface area contributed by atoms with Crippen LogP contribution in [0, 0.1) is 11.3 Å². The topological polar surface area (TPSA) is 98.9 Å². The Morgan fingerprint density at radius 3 is 2.91 bits per heavy atom. The minimum absolute atomic E-state index is 0.0640. The number of phenolic OH excluding ortho intramolecular Hbond substituents is 1. The van der Waals surface area contributed by atoms with Gasteiger partial charge in [0.05, 0.1) is 4.47 Å². The molecule has 0 bridgehead atoms. The number of nitrogens with one attached hydrogen (secondary N) is 1. The molecule has 0 aliphatic rings. The first-order valence-corrected chi connectivity index (χ1v) is 7.88. The predicted octanol–water partition coefficient (Wildman–Crippen LogP) is 3.11. The van der Waals surface area contributed by atoms with Crippen LogP contribution in [0.4, 0.5) is 5.13 Å². The van der Waals surface area contributed by atoms with Crippen LogP contribution in [0.5, 0.6) is 5.75 Å². The second kappa shape index (κ2) is 7.15. The van der Waals surface area contributed by atoms with Crippen molar-refractivity contribution in [1.29, 1.82) is 5.26 Å². The van der Waals surface area contributed by atoms with Gasteiger partial charge in [0.25, 0.3) is 5.91 Å². The van der Waals surface area contributed by atoms with E-state index in [0.29, 0.717) is 15.2 Å². The summed E-state index contributed by atoms with van der Waals surface area (Å²) in [6, 6.07) is 6.54. The maximum absolute atomic E-state index is 12.1. The third-order valence-corrected chi connectivity index (χ3v) is 4.26. The van der Waals surface area contributed by atoms with Gasteiger partial charge in [0, 0.05) is 0 Å². The summed E-state index contributed by atoms with van der Waals surface area (Å²) in [7, 11) is 0. The van der Waals surface area contributed by atoms with Gasteiger partial charge >= 0.3 is 0 Å². The highest BCUT2D eigenvalue weighted by Gasteiger charge is 2.12. The van der Waals surface area contributed by atoms with Crippen molar-refractivity contribution in [2.24, 2.45) is 0 Å². The van der Waals surface area contributed by atoms with Crippen LogP contribution >= 0.6 is 27.3 Å². The molecule has 2 aromatic rings. The molecular weight excluding hydrogens is 368 g/mol. The first-order chi connectivity index (χ1) is 10.5. The normalized spacial score (nSPS) is 11.0. The van der Waals surface area contributed by atoms with E-state index < -0.39 is 5.91 Å². The lowest BCUT2D eigenvalue weighted by Gasteiger charge is -2.01. The van der Waals surface area contributed by atoms with Crippen LogP contribution in [0.2, 0.25) is 0 Å². The molecule has 1 aromatic heterocycles. The predicted molar refractivity (Wildman–Crippen MR) is 87.3 cm³/mol. The monoisotopic (exact) mass is 378 g/mol.